The van der Waals surface area contributed by atoms with E-state index in [-0.39, 0.29) is 22.4 Å². The highest BCUT2D eigenvalue weighted by Gasteiger charge is 2.23. The first-order valence-corrected chi connectivity index (χ1v) is 9.34. The van der Waals surface area contributed by atoms with Crippen LogP contribution in [0.2, 0.25) is 0 Å². The van der Waals surface area contributed by atoms with Crippen LogP contribution in [0.1, 0.15) is 24.6 Å². The van der Waals surface area contributed by atoms with E-state index < -0.39 is 16.3 Å². The Hall–Kier alpha value is -2.07. The lowest BCUT2D eigenvalue weighted by Gasteiger charge is -2.16. The number of nitrogens with zero attached hydrogens (tertiary/aromatic N) is 3. The fraction of sp³-hybridized carbons (Fsp3) is 0.467. The predicted octanol–water partition coefficient (Wildman–Crippen LogP) is 2.36. The van der Waals surface area contributed by atoms with Gasteiger partial charge in [0.2, 0.25) is 0 Å². The summed E-state index contributed by atoms with van der Waals surface area (Å²) in [6.45, 7) is 3.75. The van der Waals surface area contributed by atoms with E-state index in [1.165, 1.54) is 29.9 Å². The minimum absolute atomic E-state index is 0.0384. The van der Waals surface area contributed by atoms with E-state index in [4.69, 9.17) is 4.74 Å². The summed E-state index contributed by atoms with van der Waals surface area (Å²) < 4.78 is 55.8. The summed E-state index contributed by atoms with van der Waals surface area (Å²) in [6.07, 6.45) is -0.503. The second-order valence-corrected chi connectivity index (χ2v) is 7.71. The second-order valence-electron chi connectivity index (χ2n) is 5.70. The number of hydrogen-bond donors (Lipinski definition) is 1. The van der Waals surface area contributed by atoms with E-state index in [0.29, 0.717) is 18.0 Å². The van der Waals surface area contributed by atoms with Crippen molar-refractivity contribution in [2.75, 3.05) is 25.3 Å². The van der Waals surface area contributed by atoms with Gasteiger partial charge in [-0.15, -0.1) is 0 Å². The average molecular weight is 374 g/mol. The summed E-state index contributed by atoms with van der Waals surface area (Å²) in [5.41, 5.74) is -0.0620. The molecule has 2 aromatic rings. The molecule has 0 bridgehead atoms. The lowest BCUT2D eigenvalue weighted by Crippen LogP contribution is -2.23. The highest BCUT2D eigenvalue weighted by atomic mass is 32.2. The first-order chi connectivity index (χ1) is 11.6. The van der Waals surface area contributed by atoms with Gasteiger partial charge in [0.1, 0.15) is 11.5 Å². The Morgan fingerprint density at radius 1 is 1.36 bits per heavy atom. The molecule has 0 aliphatic heterocycles. The van der Waals surface area contributed by atoms with Crippen molar-refractivity contribution in [3.63, 3.8) is 0 Å². The molecule has 1 N–H and O–H groups in total. The molecule has 1 unspecified atom stereocenters. The van der Waals surface area contributed by atoms with E-state index in [0.717, 1.165) is 6.26 Å². The topological polar surface area (TPSA) is 86.1 Å². The lowest BCUT2D eigenvalue weighted by atomic mass is 10.2. The number of nitrogens with one attached hydrogen (secondary N) is 1. The third-order valence-corrected chi connectivity index (χ3v) is 4.63. The maximum atomic E-state index is 13.2. The van der Waals surface area contributed by atoms with Gasteiger partial charge in [-0.2, -0.15) is 9.78 Å². The molecule has 0 fully saturated rings. The monoisotopic (exact) mass is 374 g/mol. The third-order valence-electron chi connectivity index (χ3n) is 3.53. The molecule has 138 valence electrons. The molecule has 1 atom stereocenters. The Bertz CT molecular complexity index is 835. The van der Waals surface area contributed by atoms with Crippen LogP contribution in [0.15, 0.2) is 23.2 Å². The van der Waals surface area contributed by atoms with Crippen LogP contribution in [-0.2, 0) is 14.6 Å². The van der Waals surface area contributed by atoms with Crippen molar-refractivity contribution in [2.24, 2.45) is 0 Å². The number of pyridine rings is 1. The Morgan fingerprint density at radius 3 is 2.52 bits per heavy atom. The van der Waals surface area contributed by atoms with E-state index in [2.05, 4.69) is 15.4 Å². The molecule has 25 heavy (non-hydrogen) atoms. The van der Waals surface area contributed by atoms with Gasteiger partial charge in [-0.1, -0.05) is 0 Å². The van der Waals surface area contributed by atoms with Gasteiger partial charge in [0.15, 0.2) is 15.7 Å². The summed E-state index contributed by atoms with van der Waals surface area (Å²) in [7, 11) is -1.86. The van der Waals surface area contributed by atoms with E-state index in [1.54, 1.807) is 7.11 Å². The Balaban J connectivity index is 2.50. The average Bonchev–Trinajstić information content (AvgIpc) is 2.84. The summed E-state index contributed by atoms with van der Waals surface area (Å²) in [4.78, 5) is 4.09. The number of ether oxygens (including phenoxy) is 1. The van der Waals surface area contributed by atoms with Crippen LogP contribution in [0.4, 0.5) is 14.6 Å². The van der Waals surface area contributed by atoms with E-state index >= 15 is 0 Å². The molecule has 0 saturated heterocycles. The highest BCUT2D eigenvalue weighted by Crippen LogP contribution is 2.29. The number of alkyl halides is 2. The van der Waals surface area contributed by atoms with Crippen LogP contribution in [0, 0.1) is 6.92 Å². The van der Waals surface area contributed by atoms with Crippen molar-refractivity contribution in [1.29, 1.82) is 0 Å². The van der Waals surface area contributed by atoms with Crippen LogP contribution >= 0.6 is 0 Å². The van der Waals surface area contributed by atoms with Gasteiger partial charge in [0.05, 0.1) is 11.5 Å². The van der Waals surface area contributed by atoms with Crippen molar-refractivity contribution < 1.29 is 21.9 Å². The Kier molecular flexibility index (Phi) is 5.73. The molecule has 0 radical (unpaired) electrons. The number of hydrogen-bond acceptors (Lipinski definition) is 6. The molecule has 2 heterocycles. The molecule has 0 aromatic carbocycles. The summed E-state index contributed by atoms with van der Waals surface area (Å²) in [5, 5.41) is 7.02. The maximum Gasteiger partial charge on any atom is 0.282 e. The molecule has 2 aromatic heterocycles. The maximum absolute atomic E-state index is 13.2. The van der Waals surface area contributed by atoms with Crippen molar-refractivity contribution in [2.45, 2.75) is 31.2 Å². The number of rotatable bonds is 7. The second kappa shape index (κ2) is 7.44. The van der Waals surface area contributed by atoms with E-state index in [9.17, 15) is 17.2 Å². The van der Waals surface area contributed by atoms with Gasteiger partial charge >= 0.3 is 0 Å². The minimum Gasteiger partial charge on any atom is -0.383 e. The van der Waals surface area contributed by atoms with Gasteiger partial charge in [0.25, 0.3) is 6.43 Å². The molecular weight excluding hydrogens is 354 g/mol. The molecule has 0 aliphatic carbocycles. The van der Waals surface area contributed by atoms with Crippen molar-refractivity contribution in [1.82, 2.24) is 14.8 Å². The van der Waals surface area contributed by atoms with Gasteiger partial charge in [-0.25, -0.2) is 22.2 Å². The molecule has 0 aliphatic rings. The number of aromatic nitrogens is 3. The molecule has 7 nitrogen and oxygen atoms in total. The lowest BCUT2D eigenvalue weighted by molar-refractivity contribution is 0.144. The SMILES string of the molecule is COCC(C)Nc1c(C)c(C(F)F)nn1-c1ccc(S(C)(=O)=O)cn1. The van der Waals surface area contributed by atoms with Crippen LogP contribution in [0.5, 0.6) is 0 Å². The van der Waals surface area contributed by atoms with Crippen LogP contribution in [0.25, 0.3) is 5.82 Å². The fourth-order valence-electron chi connectivity index (χ4n) is 2.30. The molecule has 0 spiro atoms. The zero-order valence-corrected chi connectivity index (χ0v) is 15.1. The number of sulfone groups is 1. The number of halogens is 2. The van der Waals surface area contributed by atoms with Crippen LogP contribution in [0.3, 0.4) is 0 Å². The zero-order valence-electron chi connectivity index (χ0n) is 14.3. The molecule has 2 rings (SSSR count). The largest absolute Gasteiger partial charge is 0.383 e. The standard InChI is InChI=1S/C15H20F2N4O3S/c1-9(8-24-3)19-15-10(2)13(14(16)17)20-21(15)12-6-5-11(7-18-12)25(4,22)23/h5-7,9,14,19H,8H2,1-4H3. The van der Waals surface area contributed by atoms with Gasteiger partial charge in [-0.3, -0.25) is 0 Å². The van der Waals surface area contributed by atoms with Crippen LogP contribution in [-0.4, -0.2) is 49.2 Å². The summed E-state index contributed by atoms with van der Waals surface area (Å²) in [6, 6.07) is 2.63. The highest BCUT2D eigenvalue weighted by molar-refractivity contribution is 7.90. The van der Waals surface area contributed by atoms with Crippen molar-refractivity contribution in [3.8, 4) is 5.82 Å². The fourth-order valence-corrected chi connectivity index (χ4v) is 2.86. The third kappa shape index (κ3) is 4.31. The summed E-state index contributed by atoms with van der Waals surface area (Å²) in [5.74, 6) is 0.592. The van der Waals surface area contributed by atoms with Gasteiger partial charge in [0, 0.05) is 31.2 Å². The number of anilines is 1. The molecule has 0 amide bonds. The zero-order chi connectivity index (χ0) is 18.8. The van der Waals surface area contributed by atoms with Crippen molar-refractivity contribution >= 4 is 15.7 Å². The first-order valence-electron chi connectivity index (χ1n) is 7.44. The van der Waals surface area contributed by atoms with Gasteiger partial charge < -0.3 is 10.1 Å². The Labute approximate surface area is 144 Å². The quantitative estimate of drug-likeness (QED) is 0.801. The first kappa shape index (κ1) is 19.3. The molecular formula is C15H20F2N4O3S. The van der Waals surface area contributed by atoms with Gasteiger partial charge in [-0.05, 0) is 26.0 Å². The van der Waals surface area contributed by atoms with E-state index in [1.807, 2.05) is 6.92 Å². The van der Waals surface area contributed by atoms with Crippen molar-refractivity contribution in [3.05, 3.63) is 29.6 Å². The van der Waals surface area contributed by atoms with Crippen LogP contribution < -0.4 is 5.32 Å². The Morgan fingerprint density at radius 2 is 2.04 bits per heavy atom. The number of methoxy groups -OCH3 is 1. The minimum atomic E-state index is -3.40. The molecule has 0 saturated carbocycles. The summed E-state index contributed by atoms with van der Waals surface area (Å²) >= 11 is 0. The normalized spacial score (nSPS) is 13.2. The molecule has 10 heteroatoms. The smallest absolute Gasteiger partial charge is 0.282 e. The predicted molar refractivity (Wildman–Crippen MR) is 89.1 cm³/mol.